The van der Waals surface area contributed by atoms with E-state index in [1.807, 2.05) is 36.2 Å². The minimum atomic E-state index is -0.124. The Labute approximate surface area is 149 Å². The van der Waals surface area contributed by atoms with Crippen LogP contribution in [-0.4, -0.2) is 52.4 Å². The van der Waals surface area contributed by atoms with Crippen LogP contribution in [0.4, 0.5) is 0 Å². The minimum absolute atomic E-state index is 0.124. The van der Waals surface area contributed by atoms with Crippen LogP contribution in [0.25, 0.3) is 0 Å². The summed E-state index contributed by atoms with van der Waals surface area (Å²) in [4.78, 5) is 25.4. The molecule has 1 aliphatic rings. The number of aromatic nitrogens is 2. The van der Waals surface area contributed by atoms with Crippen molar-refractivity contribution >= 4 is 5.91 Å². The van der Waals surface area contributed by atoms with Crippen LogP contribution in [0.5, 0.6) is 0 Å². The molecule has 1 aliphatic heterocycles. The highest BCUT2D eigenvalue weighted by Crippen LogP contribution is 2.23. The van der Waals surface area contributed by atoms with Gasteiger partial charge in [0, 0.05) is 51.0 Å². The lowest BCUT2D eigenvalue weighted by molar-refractivity contribution is -0.131. The van der Waals surface area contributed by atoms with Crippen LogP contribution in [0.15, 0.2) is 49.1 Å². The first-order valence-corrected chi connectivity index (χ1v) is 8.89. The van der Waals surface area contributed by atoms with Crippen molar-refractivity contribution in [3.8, 4) is 0 Å². The molecule has 0 N–H and O–H groups in total. The summed E-state index contributed by atoms with van der Waals surface area (Å²) in [5, 5.41) is 0. The van der Waals surface area contributed by atoms with E-state index < -0.39 is 0 Å². The highest BCUT2D eigenvalue weighted by molar-refractivity contribution is 5.83. The number of rotatable bonds is 6. The number of hydrogen-bond donors (Lipinski definition) is 0. The van der Waals surface area contributed by atoms with Crippen molar-refractivity contribution in [2.75, 3.05) is 26.7 Å². The molecule has 0 bridgehead atoms. The Morgan fingerprint density at radius 2 is 2.04 bits per heavy atom. The smallest absolute Gasteiger partial charge is 0.229 e. The van der Waals surface area contributed by atoms with Gasteiger partial charge in [0.15, 0.2) is 0 Å². The van der Waals surface area contributed by atoms with Crippen molar-refractivity contribution in [2.24, 2.45) is 5.92 Å². The molecule has 25 heavy (non-hydrogen) atoms. The number of likely N-dealkylation sites (tertiary alicyclic amines) is 1. The first-order chi connectivity index (χ1) is 12.1. The van der Waals surface area contributed by atoms with E-state index in [4.69, 9.17) is 0 Å². The summed E-state index contributed by atoms with van der Waals surface area (Å²) in [5.41, 5.74) is 2.21. The van der Waals surface area contributed by atoms with E-state index in [1.54, 1.807) is 18.6 Å². The number of carbonyl (C=O) groups is 1. The lowest BCUT2D eigenvalue weighted by Crippen LogP contribution is -2.34. The van der Waals surface area contributed by atoms with Gasteiger partial charge in [0.2, 0.25) is 5.91 Å². The highest BCUT2D eigenvalue weighted by Gasteiger charge is 2.30. The SMILES string of the molecule is C[C@@H](C(=O)N1CC[C@@H](CN(C)Cc2cccnc2)C1)c1cccnc1. The molecule has 2 aromatic heterocycles. The largest absolute Gasteiger partial charge is 0.342 e. The maximum absolute atomic E-state index is 12.7. The van der Waals surface area contributed by atoms with Gasteiger partial charge in [0.05, 0.1) is 5.92 Å². The zero-order valence-electron chi connectivity index (χ0n) is 15.0. The van der Waals surface area contributed by atoms with Gasteiger partial charge in [-0.2, -0.15) is 0 Å². The summed E-state index contributed by atoms with van der Waals surface area (Å²) >= 11 is 0. The van der Waals surface area contributed by atoms with Crippen molar-refractivity contribution in [3.63, 3.8) is 0 Å². The molecule has 0 unspecified atom stereocenters. The third-order valence-electron chi connectivity index (χ3n) is 4.90. The molecule has 1 fully saturated rings. The van der Waals surface area contributed by atoms with E-state index in [1.165, 1.54) is 5.56 Å². The maximum atomic E-state index is 12.7. The average Bonchev–Trinajstić information content (AvgIpc) is 3.10. The molecule has 0 aliphatic carbocycles. The average molecular weight is 338 g/mol. The van der Waals surface area contributed by atoms with Gasteiger partial charge in [-0.05, 0) is 49.6 Å². The van der Waals surface area contributed by atoms with E-state index in [-0.39, 0.29) is 11.8 Å². The van der Waals surface area contributed by atoms with Gasteiger partial charge in [0.1, 0.15) is 0 Å². The molecule has 2 aromatic rings. The van der Waals surface area contributed by atoms with Crippen molar-refractivity contribution in [2.45, 2.75) is 25.8 Å². The molecule has 3 heterocycles. The number of nitrogens with zero attached hydrogens (tertiary/aromatic N) is 4. The van der Waals surface area contributed by atoms with Crippen molar-refractivity contribution in [3.05, 3.63) is 60.2 Å². The van der Waals surface area contributed by atoms with E-state index in [2.05, 4.69) is 28.0 Å². The maximum Gasteiger partial charge on any atom is 0.229 e. The molecule has 0 saturated carbocycles. The summed E-state index contributed by atoms with van der Waals surface area (Å²) in [7, 11) is 2.13. The minimum Gasteiger partial charge on any atom is -0.342 e. The quantitative estimate of drug-likeness (QED) is 0.812. The first kappa shape index (κ1) is 17.5. The van der Waals surface area contributed by atoms with E-state index in [0.29, 0.717) is 5.92 Å². The van der Waals surface area contributed by atoms with E-state index in [0.717, 1.165) is 38.2 Å². The van der Waals surface area contributed by atoms with Crippen LogP contribution in [-0.2, 0) is 11.3 Å². The number of carbonyl (C=O) groups excluding carboxylic acids is 1. The van der Waals surface area contributed by atoms with Gasteiger partial charge >= 0.3 is 0 Å². The Bertz CT molecular complexity index is 677. The van der Waals surface area contributed by atoms with Crippen LogP contribution in [0, 0.1) is 5.92 Å². The van der Waals surface area contributed by atoms with Gasteiger partial charge in [-0.3, -0.25) is 14.8 Å². The Morgan fingerprint density at radius 3 is 2.72 bits per heavy atom. The Hall–Kier alpha value is -2.27. The van der Waals surface area contributed by atoms with Crippen LogP contribution in [0.3, 0.4) is 0 Å². The molecule has 1 amide bonds. The Kier molecular flexibility index (Phi) is 5.76. The van der Waals surface area contributed by atoms with E-state index in [9.17, 15) is 4.79 Å². The van der Waals surface area contributed by atoms with Crippen LogP contribution >= 0.6 is 0 Å². The number of amides is 1. The third-order valence-corrected chi connectivity index (χ3v) is 4.90. The molecular weight excluding hydrogens is 312 g/mol. The molecule has 0 aromatic carbocycles. The molecular formula is C20H26N4O. The summed E-state index contributed by atoms with van der Waals surface area (Å²) in [6.07, 6.45) is 8.31. The Balaban J connectivity index is 1.50. The monoisotopic (exact) mass is 338 g/mol. The normalized spacial score (nSPS) is 18.5. The second-order valence-electron chi connectivity index (χ2n) is 7.01. The third kappa shape index (κ3) is 4.63. The van der Waals surface area contributed by atoms with Crippen LogP contribution in [0.2, 0.25) is 0 Å². The number of hydrogen-bond acceptors (Lipinski definition) is 4. The van der Waals surface area contributed by atoms with Gasteiger partial charge in [-0.15, -0.1) is 0 Å². The predicted molar refractivity (Wildman–Crippen MR) is 97.9 cm³/mol. The fraction of sp³-hybridized carbons (Fsp3) is 0.450. The standard InChI is InChI=1S/C20H26N4O/c1-16(19-6-4-9-22-12-19)20(25)24-10-7-18(15-24)14-23(2)13-17-5-3-8-21-11-17/h3-6,8-9,11-12,16,18H,7,10,13-15H2,1-2H3/t16-,18+/m1/s1. The van der Waals surface area contributed by atoms with Crippen LogP contribution in [0.1, 0.15) is 30.4 Å². The fourth-order valence-electron chi connectivity index (χ4n) is 3.54. The van der Waals surface area contributed by atoms with Gasteiger partial charge in [0.25, 0.3) is 0 Å². The van der Waals surface area contributed by atoms with Gasteiger partial charge < -0.3 is 9.80 Å². The predicted octanol–water partition coefficient (Wildman–Crippen LogP) is 2.56. The fourth-order valence-corrected chi connectivity index (χ4v) is 3.54. The lowest BCUT2D eigenvalue weighted by Gasteiger charge is -2.23. The van der Waals surface area contributed by atoms with Crippen molar-refractivity contribution in [1.82, 2.24) is 19.8 Å². The zero-order valence-corrected chi connectivity index (χ0v) is 15.0. The molecule has 5 nitrogen and oxygen atoms in total. The summed E-state index contributed by atoms with van der Waals surface area (Å²) in [6.45, 7) is 5.57. The topological polar surface area (TPSA) is 49.3 Å². The summed E-state index contributed by atoms with van der Waals surface area (Å²) in [5.74, 6) is 0.623. The van der Waals surface area contributed by atoms with Gasteiger partial charge in [-0.1, -0.05) is 12.1 Å². The molecule has 0 radical (unpaired) electrons. The molecule has 5 heteroatoms. The lowest BCUT2D eigenvalue weighted by atomic mass is 10.0. The van der Waals surface area contributed by atoms with Crippen LogP contribution < -0.4 is 0 Å². The Morgan fingerprint density at radius 1 is 1.28 bits per heavy atom. The van der Waals surface area contributed by atoms with Crippen molar-refractivity contribution < 1.29 is 4.79 Å². The summed E-state index contributed by atoms with van der Waals surface area (Å²) in [6, 6.07) is 7.94. The molecule has 3 rings (SSSR count). The highest BCUT2D eigenvalue weighted by atomic mass is 16.2. The molecule has 1 saturated heterocycles. The molecule has 0 spiro atoms. The van der Waals surface area contributed by atoms with Crippen molar-refractivity contribution in [1.29, 1.82) is 0 Å². The van der Waals surface area contributed by atoms with Gasteiger partial charge in [-0.25, -0.2) is 0 Å². The second kappa shape index (κ2) is 8.21. The second-order valence-corrected chi connectivity index (χ2v) is 7.01. The zero-order chi connectivity index (χ0) is 17.6. The molecule has 132 valence electrons. The number of pyridine rings is 2. The molecule has 2 atom stereocenters. The van der Waals surface area contributed by atoms with E-state index >= 15 is 0 Å². The summed E-state index contributed by atoms with van der Waals surface area (Å²) < 4.78 is 0. The first-order valence-electron chi connectivity index (χ1n) is 8.89.